The maximum Gasteiger partial charge on any atom is 0.279 e. The van der Waals surface area contributed by atoms with Gasteiger partial charge in [-0.05, 0) is 74.5 Å². The average molecular weight is 440 g/mol. The van der Waals surface area contributed by atoms with Crippen LogP contribution in [0.25, 0.3) is 10.2 Å². The molecule has 1 N–H and O–H groups in total. The van der Waals surface area contributed by atoms with Crippen molar-refractivity contribution in [3.63, 3.8) is 0 Å². The number of halogens is 1. The molecule has 2 bridgehead atoms. The van der Waals surface area contributed by atoms with Crippen LogP contribution in [0.5, 0.6) is 10.9 Å². The van der Waals surface area contributed by atoms with E-state index in [0.29, 0.717) is 23.3 Å². The van der Waals surface area contributed by atoms with E-state index in [1.165, 1.54) is 29.0 Å². The molecule has 0 spiro atoms. The molecule has 0 aliphatic carbocycles. The number of carbonyl (C=O) groups is 1. The van der Waals surface area contributed by atoms with Gasteiger partial charge >= 0.3 is 0 Å². The number of piperidine rings is 1. The number of nitrogens with zero attached hydrogens (tertiary/aromatic N) is 2. The summed E-state index contributed by atoms with van der Waals surface area (Å²) >= 11 is 1.34. The van der Waals surface area contributed by atoms with Crippen molar-refractivity contribution in [3.8, 4) is 10.9 Å². The SMILES string of the molecule is CC(=O)N1C2CCC1CC(NCCc1ccc(Oc3nc4ccc(F)cc4s3)cc1)C2. The molecule has 0 radical (unpaired) electrons. The summed E-state index contributed by atoms with van der Waals surface area (Å²) in [5, 5.41) is 4.21. The van der Waals surface area contributed by atoms with Crippen molar-refractivity contribution < 1.29 is 13.9 Å². The third-order valence-corrected chi connectivity index (χ3v) is 7.30. The van der Waals surface area contributed by atoms with E-state index < -0.39 is 0 Å². The molecule has 5 rings (SSSR count). The minimum Gasteiger partial charge on any atom is -0.431 e. The molecule has 3 heterocycles. The summed E-state index contributed by atoms with van der Waals surface area (Å²) in [5.74, 6) is 0.688. The fourth-order valence-electron chi connectivity index (χ4n) is 5.02. The average Bonchev–Trinajstić information content (AvgIpc) is 3.26. The summed E-state index contributed by atoms with van der Waals surface area (Å²) in [4.78, 5) is 18.4. The minimum atomic E-state index is -0.266. The highest BCUT2D eigenvalue weighted by Crippen LogP contribution is 2.36. The van der Waals surface area contributed by atoms with Crippen LogP contribution in [0.2, 0.25) is 0 Å². The monoisotopic (exact) mass is 439 g/mol. The number of ether oxygens (including phenoxy) is 1. The molecular weight excluding hydrogens is 413 g/mol. The lowest BCUT2D eigenvalue weighted by atomic mass is 9.97. The number of hydrogen-bond donors (Lipinski definition) is 1. The summed E-state index contributed by atoms with van der Waals surface area (Å²) in [6, 6.07) is 13.9. The van der Waals surface area contributed by atoms with E-state index in [-0.39, 0.29) is 11.7 Å². The van der Waals surface area contributed by atoms with Gasteiger partial charge in [0.2, 0.25) is 5.91 Å². The summed E-state index contributed by atoms with van der Waals surface area (Å²) in [5.41, 5.74) is 1.99. The highest BCUT2D eigenvalue weighted by molar-refractivity contribution is 7.20. The number of rotatable bonds is 6. The quantitative estimate of drug-likeness (QED) is 0.593. The van der Waals surface area contributed by atoms with Crippen LogP contribution in [-0.4, -0.2) is 40.5 Å². The Morgan fingerprint density at radius 2 is 1.94 bits per heavy atom. The van der Waals surface area contributed by atoms with Gasteiger partial charge in [0, 0.05) is 25.0 Å². The molecule has 0 saturated carbocycles. The number of hydrogen-bond acceptors (Lipinski definition) is 5. The van der Waals surface area contributed by atoms with Crippen LogP contribution in [0.4, 0.5) is 4.39 Å². The van der Waals surface area contributed by atoms with Gasteiger partial charge in [0.25, 0.3) is 5.19 Å². The van der Waals surface area contributed by atoms with E-state index >= 15 is 0 Å². The number of aromatic nitrogens is 1. The first-order chi connectivity index (χ1) is 15.0. The van der Waals surface area contributed by atoms with Gasteiger partial charge in [-0.25, -0.2) is 9.37 Å². The van der Waals surface area contributed by atoms with Crippen LogP contribution in [0.3, 0.4) is 0 Å². The number of amides is 1. The van der Waals surface area contributed by atoms with E-state index in [2.05, 4.69) is 27.3 Å². The molecule has 5 nitrogen and oxygen atoms in total. The first-order valence-electron chi connectivity index (χ1n) is 10.9. The Labute approximate surface area is 185 Å². The number of fused-ring (bicyclic) bond motifs is 3. The maximum atomic E-state index is 13.3. The lowest BCUT2D eigenvalue weighted by molar-refractivity contribution is -0.133. The predicted molar refractivity (Wildman–Crippen MR) is 120 cm³/mol. The van der Waals surface area contributed by atoms with Crippen molar-refractivity contribution in [1.82, 2.24) is 15.2 Å². The molecule has 2 unspecified atom stereocenters. The minimum absolute atomic E-state index is 0.228. The van der Waals surface area contributed by atoms with Crippen molar-refractivity contribution in [3.05, 3.63) is 53.8 Å². The van der Waals surface area contributed by atoms with Gasteiger partial charge in [-0.1, -0.05) is 23.5 Å². The van der Waals surface area contributed by atoms with Crippen molar-refractivity contribution in [2.24, 2.45) is 0 Å². The predicted octanol–water partition coefficient (Wildman–Crippen LogP) is 4.90. The molecule has 7 heteroatoms. The molecule has 2 atom stereocenters. The number of benzene rings is 2. The highest BCUT2D eigenvalue weighted by atomic mass is 32.1. The molecule has 1 aromatic heterocycles. The van der Waals surface area contributed by atoms with Crippen LogP contribution < -0.4 is 10.1 Å². The molecule has 162 valence electrons. The molecule has 1 amide bonds. The number of thiazole rings is 1. The second kappa shape index (κ2) is 8.55. The Morgan fingerprint density at radius 3 is 2.65 bits per heavy atom. The van der Waals surface area contributed by atoms with Crippen LogP contribution in [0.1, 0.15) is 38.2 Å². The summed E-state index contributed by atoms with van der Waals surface area (Å²) in [6.07, 6.45) is 5.37. The number of nitrogens with one attached hydrogen (secondary N) is 1. The zero-order chi connectivity index (χ0) is 21.4. The molecule has 2 aliphatic heterocycles. The fourth-order valence-corrected chi connectivity index (χ4v) is 5.88. The Kier molecular flexibility index (Phi) is 5.63. The molecular formula is C24H26FN3O2S. The molecule has 2 fully saturated rings. The van der Waals surface area contributed by atoms with E-state index in [9.17, 15) is 9.18 Å². The second-order valence-electron chi connectivity index (χ2n) is 8.52. The van der Waals surface area contributed by atoms with Gasteiger partial charge in [0.1, 0.15) is 11.6 Å². The van der Waals surface area contributed by atoms with Gasteiger partial charge in [-0.15, -0.1) is 0 Å². The van der Waals surface area contributed by atoms with Gasteiger partial charge in [0.15, 0.2) is 0 Å². The summed E-state index contributed by atoms with van der Waals surface area (Å²) in [6.45, 7) is 2.62. The second-order valence-corrected chi connectivity index (χ2v) is 9.51. The Balaban J connectivity index is 1.12. The topological polar surface area (TPSA) is 54.5 Å². The molecule has 2 aromatic carbocycles. The molecule has 2 saturated heterocycles. The zero-order valence-electron chi connectivity index (χ0n) is 17.5. The third kappa shape index (κ3) is 4.43. The first-order valence-corrected chi connectivity index (χ1v) is 11.7. The molecule has 31 heavy (non-hydrogen) atoms. The smallest absolute Gasteiger partial charge is 0.279 e. The van der Waals surface area contributed by atoms with Crippen LogP contribution in [-0.2, 0) is 11.2 Å². The van der Waals surface area contributed by atoms with Crippen LogP contribution >= 0.6 is 11.3 Å². The lowest BCUT2D eigenvalue weighted by Gasteiger charge is -2.38. The normalized spacial score (nSPS) is 22.8. The van der Waals surface area contributed by atoms with Crippen LogP contribution in [0.15, 0.2) is 42.5 Å². The van der Waals surface area contributed by atoms with E-state index in [1.54, 1.807) is 13.0 Å². The Bertz CT molecular complexity index is 1070. The third-order valence-electron chi connectivity index (χ3n) is 6.40. The lowest BCUT2D eigenvalue weighted by Crippen LogP contribution is -2.51. The maximum absolute atomic E-state index is 13.3. The van der Waals surface area contributed by atoms with Crippen molar-refractivity contribution >= 4 is 27.5 Å². The van der Waals surface area contributed by atoms with E-state index in [4.69, 9.17) is 4.74 Å². The van der Waals surface area contributed by atoms with Gasteiger partial charge < -0.3 is 15.0 Å². The van der Waals surface area contributed by atoms with Gasteiger partial charge in [-0.2, -0.15) is 0 Å². The standard InChI is InChI=1S/C24H26FN3O2S/c1-15(29)28-19-5-6-20(28)14-18(13-19)26-11-10-16-2-7-21(8-3-16)30-24-27-22-9-4-17(25)12-23(22)31-24/h2-4,7-9,12,18-20,26H,5-6,10-11,13-14H2,1H3. The largest absolute Gasteiger partial charge is 0.431 e. The fraction of sp³-hybridized carbons (Fsp3) is 0.417. The van der Waals surface area contributed by atoms with E-state index in [1.807, 2.05) is 12.1 Å². The summed E-state index contributed by atoms with van der Waals surface area (Å²) < 4.78 is 20.0. The van der Waals surface area contributed by atoms with Crippen LogP contribution in [0, 0.1) is 5.82 Å². The van der Waals surface area contributed by atoms with Crippen molar-refractivity contribution in [1.29, 1.82) is 0 Å². The Hall–Kier alpha value is -2.51. The van der Waals surface area contributed by atoms with Crippen molar-refractivity contribution in [2.75, 3.05) is 6.54 Å². The van der Waals surface area contributed by atoms with E-state index in [0.717, 1.165) is 54.6 Å². The van der Waals surface area contributed by atoms with Crippen molar-refractivity contribution in [2.45, 2.75) is 57.2 Å². The molecule has 3 aromatic rings. The highest BCUT2D eigenvalue weighted by Gasteiger charge is 2.41. The Morgan fingerprint density at radius 1 is 1.19 bits per heavy atom. The summed E-state index contributed by atoms with van der Waals surface area (Å²) in [7, 11) is 0. The molecule has 2 aliphatic rings. The van der Waals surface area contributed by atoms with Gasteiger partial charge in [-0.3, -0.25) is 4.79 Å². The number of carbonyl (C=O) groups excluding carboxylic acids is 1. The zero-order valence-corrected chi connectivity index (χ0v) is 18.3. The van der Waals surface area contributed by atoms with Gasteiger partial charge in [0.05, 0.1) is 10.2 Å². The first kappa shape index (κ1) is 20.4.